The molecule has 0 aliphatic heterocycles. The molecule has 0 bridgehead atoms. The number of nitrogens with two attached hydrogens (primary N) is 1. The zero-order valence-electron chi connectivity index (χ0n) is 21.7. The van der Waals surface area contributed by atoms with Crippen molar-refractivity contribution in [1.29, 1.82) is 0 Å². The first-order chi connectivity index (χ1) is 18.3. The molecular weight excluding hydrogens is 542 g/mol. The highest BCUT2D eigenvalue weighted by atomic mass is 32.2. The SMILES string of the molecule is COC(C)(C)CCOc1cc(C(=O)CS(=O)(=O)c2ccccc2S(N)(=O)=O)ccc1-c1cc2ccccc2o1. The van der Waals surface area contributed by atoms with E-state index in [0.29, 0.717) is 29.1 Å². The van der Waals surface area contributed by atoms with Crippen LogP contribution in [0.3, 0.4) is 0 Å². The minimum Gasteiger partial charge on any atom is -0.493 e. The van der Waals surface area contributed by atoms with Gasteiger partial charge in [-0.15, -0.1) is 0 Å². The van der Waals surface area contributed by atoms with Crippen LogP contribution in [-0.2, 0) is 24.6 Å². The molecule has 0 radical (unpaired) electrons. The topological polar surface area (TPSA) is 143 Å². The minimum absolute atomic E-state index is 0.0764. The summed E-state index contributed by atoms with van der Waals surface area (Å²) in [6.45, 7) is 4.09. The van der Waals surface area contributed by atoms with Gasteiger partial charge in [-0.1, -0.05) is 36.4 Å². The molecule has 0 spiro atoms. The third-order valence-electron chi connectivity index (χ3n) is 6.32. The normalized spacial score (nSPS) is 12.5. The number of ether oxygens (including phenoxy) is 2. The molecule has 0 fully saturated rings. The Morgan fingerprint density at radius 3 is 2.26 bits per heavy atom. The van der Waals surface area contributed by atoms with Crippen molar-refractivity contribution in [2.75, 3.05) is 19.5 Å². The third kappa shape index (κ3) is 6.56. The Bertz CT molecular complexity index is 1710. The smallest absolute Gasteiger partial charge is 0.239 e. The minimum atomic E-state index is -4.34. The molecule has 0 aliphatic carbocycles. The van der Waals surface area contributed by atoms with Crippen molar-refractivity contribution in [3.05, 3.63) is 78.4 Å². The van der Waals surface area contributed by atoms with Gasteiger partial charge in [0.25, 0.3) is 0 Å². The second kappa shape index (κ2) is 10.9. The van der Waals surface area contributed by atoms with Gasteiger partial charge in [-0.05, 0) is 50.2 Å². The molecule has 39 heavy (non-hydrogen) atoms. The van der Waals surface area contributed by atoms with Crippen molar-refractivity contribution in [2.24, 2.45) is 5.14 Å². The summed E-state index contributed by atoms with van der Waals surface area (Å²) >= 11 is 0. The average Bonchev–Trinajstić information content (AvgIpc) is 3.32. The van der Waals surface area contributed by atoms with E-state index in [1.54, 1.807) is 13.2 Å². The third-order valence-corrected chi connectivity index (χ3v) is 9.09. The molecule has 1 aromatic heterocycles. The van der Waals surface area contributed by atoms with Crippen LogP contribution in [0.4, 0.5) is 0 Å². The lowest BCUT2D eigenvalue weighted by molar-refractivity contribution is 0.00548. The number of para-hydroxylation sites is 1. The number of rotatable bonds is 11. The van der Waals surface area contributed by atoms with Gasteiger partial charge in [0.15, 0.2) is 15.6 Å². The Balaban J connectivity index is 1.68. The summed E-state index contributed by atoms with van der Waals surface area (Å²) in [4.78, 5) is 12.1. The van der Waals surface area contributed by atoms with Crippen molar-refractivity contribution in [3.63, 3.8) is 0 Å². The van der Waals surface area contributed by atoms with Crippen LogP contribution in [0.5, 0.6) is 5.75 Å². The standard InChI is InChI=1S/C28H29NO8S2/c1-28(2,35-3)14-15-36-24-16-19(12-13-21(24)25-17-20-8-4-5-9-23(20)37-25)22(30)18-38(31,32)26-10-6-7-11-27(26)39(29,33)34/h4-13,16-17H,14-15,18H2,1-3H3,(H2,29,33,34). The highest BCUT2D eigenvalue weighted by molar-refractivity contribution is 7.94. The maximum absolute atomic E-state index is 13.2. The number of benzene rings is 3. The molecule has 0 saturated heterocycles. The lowest BCUT2D eigenvalue weighted by Gasteiger charge is -2.23. The first-order valence-electron chi connectivity index (χ1n) is 12.0. The summed E-state index contributed by atoms with van der Waals surface area (Å²) in [7, 11) is -7.06. The largest absolute Gasteiger partial charge is 0.493 e. The van der Waals surface area contributed by atoms with Gasteiger partial charge in [0.05, 0.1) is 22.7 Å². The van der Waals surface area contributed by atoms with Crippen molar-refractivity contribution in [3.8, 4) is 17.1 Å². The molecule has 3 aromatic carbocycles. The summed E-state index contributed by atoms with van der Waals surface area (Å²) in [6, 6.07) is 18.8. The predicted molar refractivity (Wildman–Crippen MR) is 147 cm³/mol. The Kier molecular flexibility index (Phi) is 7.99. The number of furan rings is 1. The Hall–Kier alpha value is -3.51. The van der Waals surface area contributed by atoms with Gasteiger partial charge >= 0.3 is 0 Å². The van der Waals surface area contributed by atoms with E-state index in [1.165, 1.54) is 24.3 Å². The van der Waals surface area contributed by atoms with E-state index in [9.17, 15) is 21.6 Å². The zero-order chi connectivity index (χ0) is 28.4. The van der Waals surface area contributed by atoms with Crippen LogP contribution >= 0.6 is 0 Å². The van der Waals surface area contributed by atoms with Gasteiger partial charge in [-0.25, -0.2) is 22.0 Å². The summed E-state index contributed by atoms with van der Waals surface area (Å²) < 4.78 is 67.5. The molecule has 0 amide bonds. The number of sulfonamides is 1. The molecule has 4 rings (SSSR count). The van der Waals surface area contributed by atoms with E-state index in [0.717, 1.165) is 17.5 Å². The molecule has 2 N–H and O–H groups in total. The second-order valence-electron chi connectivity index (χ2n) is 9.60. The van der Waals surface area contributed by atoms with Crippen LogP contribution in [0.15, 0.2) is 87.0 Å². The van der Waals surface area contributed by atoms with Crippen LogP contribution in [0.2, 0.25) is 0 Å². The van der Waals surface area contributed by atoms with Crippen molar-refractivity contribution in [1.82, 2.24) is 0 Å². The van der Waals surface area contributed by atoms with Crippen molar-refractivity contribution >= 4 is 36.6 Å². The number of sulfone groups is 1. The van der Waals surface area contributed by atoms with Gasteiger partial charge in [0.2, 0.25) is 10.0 Å². The first-order valence-corrected chi connectivity index (χ1v) is 15.2. The second-order valence-corrected chi connectivity index (χ2v) is 13.1. The number of carbonyl (C=O) groups excluding carboxylic acids is 1. The van der Waals surface area contributed by atoms with Gasteiger partial charge in [-0.3, -0.25) is 4.79 Å². The maximum Gasteiger partial charge on any atom is 0.239 e. The number of hydrogen-bond donors (Lipinski definition) is 1. The fraction of sp³-hybridized carbons (Fsp3) is 0.250. The molecule has 4 aromatic rings. The van der Waals surface area contributed by atoms with E-state index in [4.69, 9.17) is 19.0 Å². The maximum atomic E-state index is 13.2. The molecule has 206 valence electrons. The number of Topliss-reactive ketones (excluding diaryl/α,β-unsaturated/α-hetero) is 1. The summed E-state index contributed by atoms with van der Waals surface area (Å²) in [5, 5.41) is 6.08. The Labute approximate surface area is 227 Å². The fourth-order valence-corrected chi connectivity index (χ4v) is 6.59. The van der Waals surface area contributed by atoms with Crippen LogP contribution in [0, 0.1) is 0 Å². The molecule has 0 aliphatic rings. The molecule has 9 nitrogen and oxygen atoms in total. The van der Waals surface area contributed by atoms with Gasteiger partial charge in [0, 0.05) is 24.5 Å². The van der Waals surface area contributed by atoms with Crippen LogP contribution in [0.25, 0.3) is 22.3 Å². The summed E-state index contributed by atoms with van der Waals surface area (Å²) in [5.41, 5.74) is 0.893. The van der Waals surface area contributed by atoms with Crippen LogP contribution in [0.1, 0.15) is 30.6 Å². The van der Waals surface area contributed by atoms with E-state index >= 15 is 0 Å². The van der Waals surface area contributed by atoms with E-state index < -0.39 is 46.8 Å². The summed E-state index contributed by atoms with van der Waals surface area (Å²) in [5.74, 6) is -0.850. The number of carbonyl (C=O) groups is 1. The van der Waals surface area contributed by atoms with E-state index in [2.05, 4.69) is 0 Å². The first kappa shape index (κ1) is 28.5. The quantitative estimate of drug-likeness (QED) is 0.257. The molecule has 0 unspecified atom stereocenters. The van der Waals surface area contributed by atoms with E-state index in [-0.39, 0.29) is 12.2 Å². The number of ketones is 1. The zero-order valence-corrected chi connectivity index (χ0v) is 23.3. The number of primary sulfonamides is 1. The Morgan fingerprint density at radius 1 is 0.923 bits per heavy atom. The van der Waals surface area contributed by atoms with Crippen molar-refractivity contribution in [2.45, 2.75) is 35.7 Å². The highest BCUT2D eigenvalue weighted by Crippen LogP contribution is 2.35. The van der Waals surface area contributed by atoms with Gasteiger partial charge in [-0.2, -0.15) is 0 Å². The molecule has 0 saturated carbocycles. The summed E-state index contributed by atoms with van der Waals surface area (Å²) in [6.07, 6.45) is 0.542. The number of methoxy groups -OCH3 is 1. The molecule has 0 atom stereocenters. The lowest BCUT2D eigenvalue weighted by atomic mass is 10.0. The van der Waals surface area contributed by atoms with E-state index in [1.807, 2.05) is 44.2 Å². The number of hydrogen-bond acceptors (Lipinski definition) is 8. The van der Waals surface area contributed by atoms with Crippen LogP contribution in [-0.4, -0.2) is 47.7 Å². The van der Waals surface area contributed by atoms with Gasteiger partial charge in [0.1, 0.15) is 27.7 Å². The average molecular weight is 572 g/mol. The predicted octanol–water partition coefficient (Wildman–Crippen LogP) is 4.60. The fourth-order valence-electron chi connectivity index (χ4n) is 3.92. The molecule has 11 heteroatoms. The Morgan fingerprint density at radius 2 is 1.59 bits per heavy atom. The monoisotopic (exact) mass is 571 g/mol. The highest BCUT2D eigenvalue weighted by Gasteiger charge is 2.28. The molecule has 1 heterocycles. The van der Waals surface area contributed by atoms with Gasteiger partial charge < -0.3 is 13.9 Å². The number of fused-ring (bicyclic) bond motifs is 1. The van der Waals surface area contributed by atoms with Crippen molar-refractivity contribution < 1.29 is 35.5 Å². The van der Waals surface area contributed by atoms with Crippen LogP contribution < -0.4 is 9.88 Å². The molecular formula is C28H29NO8S2. The lowest BCUT2D eigenvalue weighted by Crippen LogP contribution is -2.25.